The highest BCUT2D eigenvalue weighted by molar-refractivity contribution is 6.30. The molecule has 0 bridgehead atoms. The van der Waals surface area contributed by atoms with E-state index in [1.165, 1.54) is 0 Å². The Morgan fingerprint density at radius 2 is 1.50 bits per heavy atom. The van der Waals surface area contributed by atoms with Crippen molar-refractivity contribution >= 4 is 33.9 Å². The summed E-state index contributed by atoms with van der Waals surface area (Å²) in [7, 11) is 0. The van der Waals surface area contributed by atoms with Crippen LogP contribution < -0.4 is 0 Å². The molecule has 0 N–H and O–H groups in total. The van der Waals surface area contributed by atoms with Gasteiger partial charge in [-0.1, -0.05) is 90.5 Å². The molecule has 0 heterocycles. The van der Waals surface area contributed by atoms with Gasteiger partial charge in [0, 0.05) is 28.0 Å². The molecule has 0 radical (unpaired) electrons. The molecule has 0 unspecified atom stereocenters. The Labute approximate surface area is 179 Å². The van der Waals surface area contributed by atoms with E-state index in [4.69, 9.17) is 11.6 Å². The molecule has 1 fully saturated rings. The highest BCUT2D eigenvalue weighted by Crippen LogP contribution is 2.71. The van der Waals surface area contributed by atoms with Crippen molar-refractivity contribution in [3.8, 4) is 0 Å². The Balaban J connectivity index is 1.59. The largest absolute Gasteiger partial charge is 0.294 e. The molecule has 144 valence electrons. The second-order valence-electron chi connectivity index (χ2n) is 8.14. The summed E-state index contributed by atoms with van der Waals surface area (Å²) in [6.07, 6.45) is 0. The fraction of sp³-hybridized carbons (Fsp3) is 0.111. The number of rotatable bonds is 3. The molecule has 0 aromatic heterocycles. The first-order valence-electron chi connectivity index (χ1n) is 10.1. The minimum absolute atomic E-state index is 0.0220. The number of fused-ring (bicyclic) bond motifs is 1. The summed E-state index contributed by atoms with van der Waals surface area (Å²) in [5.41, 5.74) is 2.49. The molecule has 1 saturated carbocycles. The van der Waals surface area contributed by atoms with Gasteiger partial charge in [-0.15, -0.1) is 0 Å². The van der Waals surface area contributed by atoms with E-state index in [0.29, 0.717) is 10.6 Å². The van der Waals surface area contributed by atoms with E-state index in [1.54, 1.807) is 0 Å². The standard InChI is InChI=1S/C27H17ClO2/c28-19-14-12-17(13-15-19)23-24(25(29)18-6-2-1-3-7-18)27(23)21-11-5-9-16-8-4-10-20(22(16)21)26(27)30/h1-15,23-24H/t23-,24-,27-/m0/s1. The van der Waals surface area contributed by atoms with Crippen molar-refractivity contribution in [2.75, 3.05) is 0 Å². The van der Waals surface area contributed by atoms with Gasteiger partial charge in [0.1, 0.15) is 0 Å². The van der Waals surface area contributed by atoms with Gasteiger partial charge in [0.05, 0.1) is 5.41 Å². The maximum Gasteiger partial charge on any atom is 0.175 e. The highest BCUT2D eigenvalue weighted by Gasteiger charge is 2.75. The number of ketones is 2. The zero-order valence-corrected chi connectivity index (χ0v) is 16.8. The van der Waals surface area contributed by atoms with Gasteiger partial charge >= 0.3 is 0 Å². The monoisotopic (exact) mass is 408 g/mol. The van der Waals surface area contributed by atoms with Crippen LogP contribution in [-0.2, 0) is 5.41 Å². The number of Topliss-reactive ketones (excluding diaryl/α,β-unsaturated/α-hetero) is 2. The molecule has 1 spiro atoms. The maximum absolute atomic E-state index is 13.9. The molecule has 2 aliphatic rings. The number of carbonyl (C=O) groups is 2. The molecule has 3 atom stereocenters. The van der Waals surface area contributed by atoms with Gasteiger partial charge in [-0.3, -0.25) is 9.59 Å². The third-order valence-corrected chi connectivity index (χ3v) is 7.00. The number of halogens is 1. The minimum Gasteiger partial charge on any atom is -0.294 e. The van der Waals surface area contributed by atoms with Crippen LogP contribution in [0.5, 0.6) is 0 Å². The first kappa shape index (κ1) is 17.6. The Hall–Kier alpha value is -3.23. The molecule has 0 amide bonds. The molecule has 4 aromatic rings. The molecule has 0 saturated heterocycles. The highest BCUT2D eigenvalue weighted by atomic mass is 35.5. The lowest BCUT2D eigenvalue weighted by atomic mass is 9.88. The topological polar surface area (TPSA) is 34.1 Å². The summed E-state index contributed by atoms with van der Waals surface area (Å²) in [5.74, 6) is -0.545. The summed E-state index contributed by atoms with van der Waals surface area (Å²) >= 11 is 6.12. The molecule has 4 aromatic carbocycles. The third kappa shape index (κ3) is 2.15. The molecular weight excluding hydrogens is 392 g/mol. The number of hydrogen-bond donors (Lipinski definition) is 0. The SMILES string of the molecule is O=C(c1ccccc1)[C@@H]1[C@H](c2ccc(Cl)cc2)[C@]12C(=O)c1cccc3cccc2c13. The van der Waals surface area contributed by atoms with E-state index < -0.39 is 11.3 Å². The smallest absolute Gasteiger partial charge is 0.175 e. The van der Waals surface area contributed by atoms with Gasteiger partial charge in [-0.25, -0.2) is 0 Å². The molecule has 0 aliphatic heterocycles. The maximum atomic E-state index is 13.9. The molecule has 3 heteroatoms. The van der Waals surface area contributed by atoms with Gasteiger partial charge in [0.25, 0.3) is 0 Å². The van der Waals surface area contributed by atoms with Gasteiger partial charge < -0.3 is 0 Å². The van der Waals surface area contributed by atoms with E-state index in [-0.39, 0.29) is 17.5 Å². The van der Waals surface area contributed by atoms with Crippen molar-refractivity contribution in [1.29, 1.82) is 0 Å². The molecule has 2 nitrogen and oxygen atoms in total. The zero-order valence-electron chi connectivity index (χ0n) is 16.0. The summed E-state index contributed by atoms with van der Waals surface area (Å²) in [5, 5.41) is 2.68. The van der Waals surface area contributed by atoms with Crippen LogP contribution in [0.1, 0.15) is 37.8 Å². The first-order chi connectivity index (χ1) is 14.6. The van der Waals surface area contributed by atoms with Crippen molar-refractivity contribution in [3.63, 3.8) is 0 Å². The average Bonchev–Trinajstić information content (AvgIpc) is 3.42. The van der Waals surface area contributed by atoms with Crippen LogP contribution in [0.4, 0.5) is 0 Å². The van der Waals surface area contributed by atoms with E-state index in [0.717, 1.165) is 27.5 Å². The Bertz CT molecular complexity index is 1340. The van der Waals surface area contributed by atoms with E-state index in [9.17, 15) is 9.59 Å². The fourth-order valence-corrected chi connectivity index (χ4v) is 5.62. The van der Waals surface area contributed by atoms with Crippen LogP contribution in [0.25, 0.3) is 10.8 Å². The zero-order chi connectivity index (χ0) is 20.5. The molecule has 6 rings (SSSR count). The van der Waals surface area contributed by atoms with Crippen molar-refractivity contribution in [2.45, 2.75) is 11.3 Å². The van der Waals surface area contributed by atoms with Crippen molar-refractivity contribution in [2.24, 2.45) is 5.92 Å². The second-order valence-corrected chi connectivity index (χ2v) is 8.58. The normalized spacial score (nSPS) is 23.8. The van der Waals surface area contributed by atoms with E-state index >= 15 is 0 Å². The number of hydrogen-bond acceptors (Lipinski definition) is 2. The van der Waals surface area contributed by atoms with Crippen LogP contribution in [-0.4, -0.2) is 11.6 Å². The summed E-state index contributed by atoms with van der Waals surface area (Å²) in [4.78, 5) is 27.5. The minimum atomic E-state index is -0.843. The van der Waals surface area contributed by atoms with Crippen LogP contribution >= 0.6 is 11.6 Å². The number of benzene rings is 4. The van der Waals surface area contributed by atoms with E-state index in [1.807, 2.05) is 91.0 Å². The van der Waals surface area contributed by atoms with Gasteiger partial charge in [0.2, 0.25) is 0 Å². The Kier molecular flexibility index (Phi) is 3.60. The quantitative estimate of drug-likeness (QED) is 0.377. The predicted molar refractivity (Wildman–Crippen MR) is 118 cm³/mol. The number of carbonyl (C=O) groups excluding carboxylic acids is 2. The lowest BCUT2D eigenvalue weighted by Gasteiger charge is -2.11. The molecular formula is C27H17ClO2. The van der Waals surface area contributed by atoms with Crippen molar-refractivity contribution in [1.82, 2.24) is 0 Å². The Morgan fingerprint density at radius 1 is 0.800 bits per heavy atom. The van der Waals surface area contributed by atoms with E-state index in [2.05, 4.69) is 0 Å². The van der Waals surface area contributed by atoms with Crippen LogP contribution in [0, 0.1) is 5.92 Å². The fourth-order valence-electron chi connectivity index (χ4n) is 5.49. The predicted octanol–water partition coefficient (Wildman–Crippen LogP) is 6.22. The summed E-state index contributed by atoms with van der Waals surface area (Å²) in [6.45, 7) is 0. The van der Waals surface area contributed by atoms with Crippen LogP contribution in [0.15, 0.2) is 91.0 Å². The Morgan fingerprint density at radius 3 is 2.23 bits per heavy atom. The summed E-state index contributed by atoms with van der Waals surface area (Å²) < 4.78 is 0. The third-order valence-electron chi connectivity index (χ3n) is 6.75. The molecule has 30 heavy (non-hydrogen) atoms. The lowest BCUT2D eigenvalue weighted by molar-refractivity contribution is 0.0892. The van der Waals surface area contributed by atoms with Gasteiger partial charge in [0.15, 0.2) is 11.6 Å². The second kappa shape index (κ2) is 6.13. The van der Waals surface area contributed by atoms with Gasteiger partial charge in [-0.2, -0.15) is 0 Å². The van der Waals surface area contributed by atoms with Crippen LogP contribution in [0.2, 0.25) is 5.02 Å². The first-order valence-corrected chi connectivity index (χ1v) is 10.4. The van der Waals surface area contributed by atoms with Crippen molar-refractivity contribution < 1.29 is 9.59 Å². The molecule has 2 aliphatic carbocycles. The summed E-state index contributed by atoms with van der Waals surface area (Å²) in [6, 6.07) is 28.8. The van der Waals surface area contributed by atoms with Gasteiger partial charge in [-0.05, 0) is 34.0 Å². The van der Waals surface area contributed by atoms with Crippen LogP contribution in [0.3, 0.4) is 0 Å². The average molecular weight is 409 g/mol. The van der Waals surface area contributed by atoms with Crippen molar-refractivity contribution in [3.05, 3.63) is 118 Å². The lowest BCUT2D eigenvalue weighted by Crippen LogP contribution is -2.22.